The fraction of sp³-hybridized carbons (Fsp3) is 0.0625. The summed E-state index contributed by atoms with van der Waals surface area (Å²) in [7, 11) is -3.86. The number of hydrogen-bond donors (Lipinski definition) is 3. The molecule has 0 bridgehead atoms. The largest absolute Gasteiger partial charge is 0.419 e. The van der Waals surface area contributed by atoms with Crippen molar-refractivity contribution in [3.8, 4) is 5.88 Å². The summed E-state index contributed by atoms with van der Waals surface area (Å²) in [5, 5.41) is 11.4. The highest BCUT2D eigenvalue weighted by atomic mass is 32.2. The molecular formula is C16H14FN5O4S2. The van der Waals surface area contributed by atoms with Crippen LogP contribution in [-0.4, -0.2) is 24.5 Å². The molecule has 3 aromatic rings. The fourth-order valence-electron chi connectivity index (χ4n) is 2.11. The van der Waals surface area contributed by atoms with Crippen LogP contribution in [0.15, 0.2) is 47.5 Å². The minimum Gasteiger partial charge on any atom is -0.388 e. The average Bonchev–Trinajstić information content (AvgIpc) is 2.95. The molecule has 9 nitrogen and oxygen atoms in total. The van der Waals surface area contributed by atoms with Gasteiger partial charge in [0.15, 0.2) is 5.00 Å². The number of hydrogen-bond acceptors (Lipinski definition) is 8. The van der Waals surface area contributed by atoms with E-state index in [1.165, 1.54) is 35.6 Å². The van der Waals surface area contributed by atoms with Gasteiger partial charge in [-0.3, -0.25) is 5.32 Å². The number of benzene rings is 1. The highest BCUT2D eigenvalue weighted by molar-refractivity contribution is 7.89. The van der Waals surface area contributed by atoms with Crippen molar-refractivity contribution in [2.45, 2.75) is 11.8 Å². The molecule has 1 amide bonds. The molecule has 12 heteroatoms. The number of aryl methyl sites for hydroxylation is 1. The normalized spacial score (nSPS) is 11.1. The molecule has 3 rings (SSSR count). The second-order valence-electron chi connectivity index (χ2n) is 5.44. The zero-order valence-corrected chi connectivity index (χ0v) is 16.0. The maximum absolute atomic E-state index is 12.9. The Balaban J connectivity index is 1.76. The summed E-state index contributed by atoms with van der Waals surface area (Å²) in [4.78, 5) is 19.8. The van der Waals surface area contributed by atoms with Gasteiger partial charge in [-0.15, -0.1) is 0 Å². The summed E-state index contributed by atoms with van der Waals surface area (Å²) < 4.78 is 41.0. The lowest BCUT2D eigenvalue weighted by Gasteiger charge is -2.08. The maximum Gasteiger partial charge on any atom is 0.419 e. The Hall–Kier alpha value is -3.09. The van der Waals surface area contributed by atoms with E-state index in [1.807, 2.05) is 0 Å². The van der Waals surface area contributed by atoms with Crippen molar-refractivity contribution in [1.29, 1.82) is 0 Å². The third-order valence-corrected chi connectivity index (χ3v) is 5.05. The second-order valence-corrected chi connectivity index (χ2v) is 8.21. The third-order valence-electron chi connectivity index (χ3n) is 3.27. The predicted octanol–water partition coefficient (Wildman–Crippen LogP) is 2.99. The number of aromatic nitrogens is 2. The van der Waals surface area contributed by atoms with E-state index in [9.17, 15) is 17.6 Å². The van der Waals surface area contributed by atoms with Crippen molar-refractivity contribution in [1.82, 2.24) is 9.97 Å². The molecule has 2 aromatic heterocycles. The first-order valence-corrected chi connectivity index (χ1v) is 10.0. The number of rotatable bonds is 5. The Bertz CT molecular complexity index is 1120. The predicted molar refractivity (Wildman–Crippen MR) is 102 cm³/mol. The number of amides is 1. The Morgan fingerprint density at radius 3 is 2.75 bits per heavy atom. The number of nitrogens with zero attached hydrogens (tertiary/aromatic N) is 2. The highest BCUT2D eigenvalue weighted by Crippen LogP contribution is 2.34. The summed E-state index contributed by atoms with van der Waals surface area (Å²) in [6.07, 6.45) is 0.0828. The minimum atomic E-state index is -3.86. The van der Waals surface area contributed by atoms with Crippen LogP contribution in [0.3, 0.4) is 0 Å². The Kier molecular flexibility index (Phi) is 5.53. The number of thiazole rings is 1. The monoisotopic (exact) mass is 423 g/mol. The average molecular weight is 423 g/mol. The van der Waals surface area contributed by atoms with E-state index in [4.69, 9.17) is 9.88 Å². The van der Waals surface area contributed by atoms with E-state index >= 15 is 0 Å². The molecule has 146 valence electrons. The zero-order valence-electron chi connectivity index (χ0n) is 14.3. The van der Waals surface area contributed by atoms with Gasteiger partial charge in [0.2, 0.25) is 10.0 Å². The number of anilines is 3. The summed E-state index contributed by atoms with van der Waals surface area (Å²) in [5.74, 6) is -0.445. The molecule has 0 spiro atoms. The molecule has 0 saturated heterocycles. The van der Waals surface area contributed by atoms with Crippen LogP contribution in [0.5, 0.6) is 5.88 Å². The second kappa shape index (κ2) is 7.88. The number of nitrogens with one attached hydrogen (secondary N) is 2. The maximum atomic E-state index is 12.9. The van der Waals surface area contributed by atoms with Gasteiger partial charge in [0.05, 0.1) is 16.1 Å². The fourth-order valence-corrected chi connectivity index (χ4v) is 3.43. The molecule has 0 unspecified atom stereocenters. The van der Waals surface area contributed by atoms with Gasteiger partial charge in [-0.05, 0) is 37.3 Å². The molecule has 0 radical (unpaired) electrons. The Labute approximate surface area is 163 Å². The van der Waals surface area contributed by atoms with Crippen LogP contribution < -0.4 is 20.5 Å². The zero-order chi connectivity index (χ0) is 20.3. The number of pyridine rings is 1. The van der Waals surface area contributed by atoms with Crippen LogP contribution in [0.2, 0.25) is 0 Å². The minimum absolute atomic E-state index is 0.0110. The molecule has 28 heavy (non-hydrogen) atoms. The topological polar surface area (TPSA) is 136 Å². The standard InChI is InChI=1S/C16H14FN5O4S2/c1-9-20-14(26-16(23)22-13-6-5-10(17)8-19-13)15(27-9)21-11-3-2-4-12(7-11)28(18,24)25/h2-8,21H,1H3,(H2,18,24,25)(H,19,22,23). The van der Waals surface area contributed by atoms with Gasteiger partial charge in [0, 0.05) is 5.69 Å². The number of carbonyl (C=O) groups excluding carboxylic acids is 1. The van der Waals surface area contributed by atoms with Gasteiger partial charge < -0.3 is 10.1 Å². The summed E-state index contributed by atoms with van der Waals surface area (Å²) in [5.41, 5.74) is 0.417. The Morgan fingerprint density at radius 2 is 2.07 bits per heavy atom. The van der Waals surface area contributed by atoms with Crippen molar-refractivity contribution >= 4 is 44.0 Å². The van der Waals surface area contributed by atoms with Crippen molar-refractivity contribution in [3.63, 3.8) is 0 Å². The first-order chi connectivity index (χ1) is 13.2. The van der Waals surface area contributed by atoms with E-state index in [1.54, 1.807) is 13.0 Å². The van der Waals surface area contributed by atoms with Crippen LogP contribution in [0.1, 0.15) is 5.01 Å². The number of sulfonamides is 1. The number of halogens is 1. The molecule has 0 aliphatic rings. The van der Waals surface area contributed by atoms with Gasteiger partial charge in [0.1, 0.15) is 11.6 Å². The lowest BCUT2D eigenvalue weighted by molar-refractivity contribution is 0.213. The summed E-state index contributed by atoms with van der Waals surface area (Å²) in [6.45, 7) is 1.71. The number of ether oxygens (including phenoxy) is 1. The van der Waals surface area contributed by atoms with E-state index in [0.29, 0.717) is 15.7 Å². The van der Waals surface area contributed by atoms with E-state index in [2.05, 4.69) is 20.6 Å². The molecular weight excluding hydrogens is 409 g/mol. The first-order valence-electron chi connectivity index (χ1n) is 7.68. The van der Waals surface area contributed by atoms with Gasteiger partial charge in [0.25, 0.3) is 5.88 Å². The summed E-state index contributed by atoms with van der Waals surface area (Å²) >= 11 is 1.20. The third kappa shape index (κ3) is 5.00. The lowest BCUT2D eigenvalue weighted by atomic mass is 10.3. The Morgan fingerprint density at radius 1 is 1.29 bits per heavy atom. The van der Waals surface area contributed by atoms with E-state index < -0.39 is 21.9 Å². The first kappa shape index (κ1) is 19.7. The van der Waals surface area contributed by atoms with E-state index in [0.717, 1.165) is 12.3 Å². The molecule has 0 atom stereocenters. The van der Waals surface area contributed by atoms with Gasteiger partial charge in [-0.25, -0.2) is 32.7 Å². The van der Waals surface area contributed by atoms with Crippen molar-refractivity contribution < 1.29 is 22.3 Å². The molecule has 0 aliphatic heterocycles. The van der Waals surface area contributed by atoms with E-state index in [-0.39, 0.29) is 16.6 Å². The molecule has 0 fully saturated rings. The molecule has 4 N–H and O–H groups in total. The van der Waals surface area contributed by atoms with Crippen LogP contribution in [-0.2, 0) is 10.0 Å². The van der Waals surface area contributed by atoms with Crippen molar-refractivity contribution in [2.75, 3.05) is 10.6 Å². The van der Waals surface area contributed by atoms with Crippen LogP contribution in [0.25, 0.3) is 0 Å². The van der Waals surface area contributed by atoms with Crippen LogP contribution in [0.4, 0.5) is 25.7 Å². The smallest absolute Gasteiger partial charge is 0.388 e. The number of primary sulfonamides is 1. The quantitative estimate of drug-likeness (QED) is 0.574. The molecule has 2 heterocycles. The molecule has 0 aliphatic carbocycles. The van der Waals surface area contributed by atoms with Crippen LogP contribution in [0, 0.1) is 12.7 Å². The summed E-state index contributed by atoms with van der Waals surface area (Å²) in [6, 6.07) is 8.26. The van der Waals surface area contributed by atoms with Gasteiger partial charge in [-0.2, -0.15) is 0 Å². The van der Waals surface area contributed by atoms with Crippen molar-refractivity contribution in [3.05, 3.63) is 53.4 Å². The highest BCUT2D eigenvalue weighted by Gasteiger charge is 2.16. The van der Waals surface area contributed by atoms with Gasteiger partial charge >= 0.3 is 6.09 Å². The SMILES string of the molecule is Cc1nc(OC(=O)Nc2ccc(F)cn2)c(Nc2cccc(S(N)(=O)=O)c2)s1. The van der Waals surface area contributed by atoms with Gasteiger partial charge in [-0.1, -0.05) is 17.4 Å². The number of nitrogens with two attached hydrogens (primary N) is 1. The van der Waals surface area contributed by atoms with Crippen molar-refractivity contribution in [2.24, 2.45) is 5.14 Å². The molecule has 1 aromatic carbocycles. The molecule has 0 saturated carbocycles. The number of carbonyl (C=O) groups is 1. The van der Waals surface area contributed by atoms with Crippen LogP contribution >= 0.6 is 11.3 Å². The lowest BCUT2D eigenvalue weighted by Crippen LogP contribution is -2.18.